The van der Waals surface area contributed by atoms with Crippen LogP contribution in [0.3, 0.4) is 0 Å². The first-order chi connectivity index (χ1) is 11.3. The summed E-state index contributed by atoms with van der Waals surface area (Å²) >= 11 is 0. The molecule has 0 unspecified atom stereocenters. The van der Waals surface area contributed by atoms with Crippen molar-refractivity contribution in [3.05, 3.63) is 59.9 Å². The molecule has 0 spiro atoms. The zero-order chi connectivity index (χ0) is 16.1. The lowest BCUT2D eigenvalue weighted by Crippen LogP contribution is -2.07. The lowest BCUT2D eigenvalue weighted by atomic mass is 10.2. The van der Waals surface area contributed by atoms with Gasteiger partial charge in [-0.15, -0.1) is 0 Å². The van der Waals surface area contributed by atoms with E-state index >= 15 is 0 Å². The van der Waals surface area contributed by atoms with Gasteiger partial charge in [-0.05, 0) is 36.2 Å². The molecular weight excluding hydrogens is 286 g/mol. The number of rotatable bonds is 6. The third-order valence-corrected chi connectivity index (χ3v) is 3.86. The van der Waals surface area contributed by atoms with Crippen molar-refractivity contribution in [3.63, 3.8) is 0 Å². The Kier molecular flexibility index (Phi) is 4.58. The van der Waals surface area contributed by atoms with Crippen LogP contribution in [0.25, 0.3) is 11.0 Å². The highest BCUT2D eigenvalue weighted by atomic mass is 16.5. The number of nitrogens with zero attached hydrogens (tertiary/aromatic N) is 3. The smallest absolute Gasteiger partial charge is 0.148 e. The largest absolute Gasteiger partial charge is 0.486 e. The summed E-state index contributed by atoms with van der Waals surface area (Å²) in [6.07, 6.45) is 1.44. The molecule has 0 aliphatic carbocycles. The van der Waals surface area contributed by atoms with Gasteiger partial charge in [-0.3, -0.25) is 0 Å². The van der Waals surface area contributed by atoms with Gasteiger partial charge in [-0.1, -0.05) is 31.2 Å². The maximum Gasteiger partial charge on any atom is 0.148 e. The average Bonchev–Trinajstić information content (AvgIpc) is 2.96. The molecule has 0 saturated carbocycles. The minimum absolute atomic E-state index is 0.396. The van der Waals surface area contributed by atoms with Crippen molar-refractivity contribution in [3.8, 4) is 11.8 Å². The lowest BCUT2D eigenvalue weighted by Gasteiger charge is -2.09. The molecule has 0 radical (unpaired) electrons. The van der Waals surface area contributed by atoms with Crippen molar-refractivity contribution >= 4 is 11.0 Å². The number of benzene rings is 2. The van der Waals surface area contributed by atoms with Gasteiger partial charge in [0.15, 0.2) is 0 Å². The van der Waals surface area contributed by atoms with Gasteiger partial charge >= 0.3 is 0 Å². The van der Waals surface area contributed by atoms with Gasteiger partial charge < -0.3 is 9.30 Å². The maximum atomic E-state index is 8.88. The summed E-state index contributed by atoms with van der Waals surface area (Å²) in [7, 11) is 0. The Bertz CT molecular complexity index is 845. The second-order valence-electron chi connectivity index (χ2n) is 5.37. The van der Waals surface area contributed by atoms with Crippen molar-refractivity contribution in [2.45, 2.75) is 32.9 Å². The van der Waals surface area contributed by atoms with Crippen LogP contribution in [0.2, 0.25) is 0 Å². The second-order valence-corrected chi connectivity index (χ2v) is 5.37. The zero-order valence-corrected chi connectivity index (χ0v) is 13.2. The molecule has 0 aliphatic heterocycles. The quantitative estimate of drug-likeness (QED) is 0.689. The fraction of sp³-hybridized carbons (Fsp3) is 0.263. The number of ether oxygens (including phenoxy) is 1. The third-order valence-electron chi connectivity index (χ3n) is 3.86. The van der Waals surface area contributed by atoms with E-state index in [9.17, 15) is 0 Å². The normalized spacial score (nSPS) is 10.6. The molecule has 3 aromatic rings. The van der Waals surface area contributed by atoms with Crippen molar-refractivity contribution in [1.82, 2.24) is 9.55 Å². The second kappa shape index (κ2) is 6.97. The number of aromatic nitrogens is 2. The van der Waals surface area contributed by atoms with E-state index in [4.69, 9.17) is 10.00 Å². The van der Waals surface area contributed by atoms with Crippen LogP contribution in [0.5, 0.6) is 5.75 Å². The Morgan fingerprint density at radius 1 is 1.17 bits per heavy atom. The predicted molar refractivity (Wildman–Crippen MR) is 90.1 cm³/mol. The summed E-state index contributed by atoms with van der Waals surface area (Å²) in [6.45, 7) is 3.15. The first-order valence-corrected chi connectivity index (χ1v) is 7.84. The SMILES string of the molecule is CCc1cccc(OCc2nc3ccccc3n2CCC#N)c1. The highest BCUT2D eigenvalue weighted by Crippen LogP contribution is 2.19. The van der Waals surface area contributed by atoms with Gasteiger partial charge in [0.05, 0.1) is 23.5 Å². The molecule has 1 aromatic heterocycles. The molecule has 0 fully saturated rings. The molecule has 0 amide bonds. The van der Waals surface area contributed by atoms with Crippen LogP contribution in [-0.2, 0) is 19.6 Å². The predicted octanol–water partition coefficient (Wildman–Crippen LogP) is 4.09. The summed E-state index contributed by atoms with van der Waals surface area (Å²) in [4.78, 5) is 4.65. The Labute approximate surface area is 136 Å². The fourth-order valence-corrected chi connectivity index (χ4v) is 2.65. The molecular formula is C19H19N3O. The van der Waals surface area contributed by atoms with E-state index in [0.717, 1.165) is 29.0 Å². The molecule has 4 heteroatoms. The summed E-state index contributed by atoms with van der Waals surface area (Å²) in [6, 6.07) is 18.3. The molecule has 4 nitrogen and oxygen atoms in total. The highest BCUT2D eigenvalue weighted by molar-refractivity contribution is 5.75. The van der Waals surface area contributed by atoms with E-state index in [1.165, 1.54) is 5.56 Å². The van der Waals surface area contributed by atoms with Gasteiger partial charge in [-0.25, -0.2) is 4.98 Å². The van der Waals surface area contributed by atoms with Crippen molar-refractivity contribution < 1.29 is 4.74 Å². The third kappa shape index (κ3) is 3.35. The van der Waals surface area contributed by atoms with Crippen LogP contribution >= 0.6 is 0 Å². The monoisotopic (exact) mass is 305 g/mol. The first-order valence-electron chi connectivity index (χ1n) is 7.84. The van der Waals surface area contributed by atoms with E-state index in [2.05, 4.69) is 34.7 Å². The van der Waals surface area contributed by atoms with E-state index in [0.29, 0.717) is 19.6 Å². The molecule has 23 heavy (non-hydrogen) atoms. The Morgan fingerprint density at radius 3 is 2.87 bits per heavy atom. The van der Waals surface area contributed by atoms with E-state index in [1.54, 1.807) is 0 Å². The number of hydrogen-bond donors (Lipinski definition) is 0. The van der Waals surface area contributed by atoms with Crippen LogP contribution in [-0.4, -0.2) is 9.55 Å². The minimum atomic E-state index is 0.396. The number of para-hydroxylation sites is 2. The molecule has 0 saturated heterocycles. The number of nitriles is 1. The highest BCUT2D eigenvalue weighted by Gasteiger charge is 2.10. The van der Waals surface area contributed by atoms with Crippen LogP contribution < -0.4 is 4.74 Å². The maximum absolute atomic E-state index is 8.88. The molecule has 0 N–H and O–H groups in total. The standard InChI is InChI=1S/C19H19N3O/c1-2-15-7-5-8-16(13-15)23-14-19-21-17-9-3-4-10-18(17)22(19)12-6-11-20/h3-5,7-10,13H,2,6,12,14H2,1H3. The molecule has 1 heterocycles. The Hall–Kier alpha value is -2.80. The van der Waals surface area contributed by atoms with E-state index in [-0.39, 0.29) is 0 Å². The molecule has 3 rings (SSSR count). The van der Waals surface area contributed by atoms with Gasteiger partial charge in [0.2, 0.25) is 0 Å². The average molecular weight is 305 g/mol. The molecule has 0 atom stereocenters. The van der Waals surface area contributed by atoms with E-state index in [1.807, 2.05) is 36.4 Å². The molecule has 0 bridgehead atoms. The van der Waals surface area contributed by atoms with Crippen molar-refractivity contribution in [1.29, 1.82) is 5.26 Å². The number of fused-ring (bicyclic) bond motifs is 1. The zero-order valence-electron chi connectivity index (χ0n) is 13.2. The fourth-order valence-electron chi connectivity index (χ4n) is 2.65. The van der Waals surface area contributed by atoms with Gasteiger partial charge in [0, 0.05) is 6.54 Å². The van der Waals surface area contributed by atoms with Gasteiger partial charge in [-0.2, -0.15) is 5.26 Å². The Morgan fingerprint density at radius 2 is 2.04 bits per heavy atom. The van der Waals surface area contributed by atoms with E-state index < -0.39 is 0 Å². The van der Waals surface area contributed by atoms with Crippen LogP contribution in [0.4, 0.5) is 0 Å². The van der Waals surface area contributed by atoms with Crippen LogP contribution in [0, 0.1) is 11.3 Å². The topological polar surface area (TPSA) is 50.8 Å². The van der Waals surface area contributed by atoms with Gasteiger partial charge in [0.25, 0.3) is 0 Å². The number of aryl methyl sites for hydroxylation is 2. The van der Waals surface area contributed by atoms with Crippen molar-refractivity contribution in [2.75, 3.05) is 0 Å². The molecule has 0 aliphatic rings. The lowest BCUT2D eigenvalue weighted by molar-refractivity contribution is 0.290. The number of hydrogen-bond acceptors (Lipinski definition) is 3. The minimum Gasteiger partial charge on any atom is -0.486 e. The molecule has 2 aromatic carbocycles. The summed E-state index contributed by atoms with van der Waals surface area (Å²) in [5, 5.41) is 8.88. The van der Waals surface area contributed by atoms with Crippen LogP contribution in [0.1, 0.15) is 24.7 Å². The Balaban J connectivity index is 1.85. The molecule has 116 valence electrons. The first kappa shape index (κ1) is 15.1. The summed E-state index contributed by atoms with van der Waals surface area (Å²) < 4.78 is 7.99. The van der Waals surface area contributed by atoms with Crippen LogP contribution in [0.15, 0.2) is 48.5 Å². The number of imidazole rings is 1. The van der Waals surface area contributed by atoms with Crippen molar-refractivity contribution in [2.24, 2.45) is 0 Å². The summed E-state index contributed by atoms with van der Waals surface area (Å²) in [5.74, 6) is 1.70. The summed E-state index contributed by atoms with van der Waals surface area (Å²) in [5.41, 5.74) is 3.23. The van der Waals surface area contributed by atoms with Gasteiger partial charge in [0.1, 0.15) is 18.2 Å².